The molecule has 23 heavy (non-hydrogen) atoms. The van der Waals surface area contributed by atoms with Crippen LogP contribution in [0.3, 0.4) is 0 Å². The Morgan fingerprint density at radius 1 is 1.09 bits per heavy atom. The first-order valence-electron chi connectivity index (χ1n) is 8.40. The van der Waals surface area contributed by atoms with Crippen LogP contribution in [0.4, 0.5) is 0 Å². The van der Waals surface area contributed by atoms with Crippen LogP contribution in [0.2, 0.25) is 0 Å². The summed E-state index contributed by atoms with van der Waals surface area (Å²) >= 11 is 0. The molecule has 0 amide bonds. The van der Waals surface area contributed by atoms with Crippen molar-refractivity contribution in [1.29, 1.82) is 0 Å². The molecule has 0 aliphatic heterocycles. The van der Waals surface area contributed by atoms with Crippen LogP contribution in [0.5, 0.6) is 11.5 Å². The lowest BCUT2D eigenvalue weighted by atomic mass is 9.88. The average molecular weight is 311 g/mol. The summed E-state index contributed by atoms with van der Waals surface area (Å²) in [5.41, 5.74) is 4.14. The van der Waals surface area contributed by atoms with Gasteiger partial charge in [0.2, 0.25) is 0 Å². The van der Waals surface area contributed by atoms with Gasteiger partial charge in [0.15, 0.2) is 11.5 Å². The minimum atomic E-state index is 0.519. The number of fused-ring (bicyclic) bond motifs is 1. The monoisotopic (exact) mass is 311 g/mol. The minimum Gasteiger partial charge on any atom is -0.493 e. The van der Waals surface area contributed by atoms with Crippen molar-refractivity contribution in [2.75, 3.05) is 13.7 Å². The predicted molar refractivity (Wildman–Crippen MR) is 93.3 cm³/mol. The lowest BCUT2D eigenvalue weighted by Gasteiger charge is -2.26. The summed E-state index contributed by atoms with van der Waals surface area (Å²) in [4.78, 5) is 0. The van der Waals surface area contributed by atoms with Crippen LogP contribution in [0.25, 0.3) is 0 Å². The Morgan fingerprint density at radius 2 is 1.91 bits per heavy atom. The topological polar surface area (TPSA) is 30.5 Å². The van der Waals surface area contributed by atoms with E-state index in [0.717, 1.165) is 36.4 Å². The number of aryl methyl sites for hydroxylation is 1. The summed E-state index contributed by atoms with van der Waals surface area (Å²) in [6.45, 7) is 3.45. The maximum atomic E-state index is 5.79. The first kappa shape index (κ1) is 15.9. The zero-order chi connectivity index (χ0) is 16.1. The Bertz CT molecular complexity index is 654. The third kappa shape index (κ3) is 3.67. The Balaban J connectivity index is 1.67. The summed E-state index contributed by atoms with van der Waals surface area (Å²) < 4.78 is 11.2. The van der Waals surface area contributed by atoms with Gasteiger partial charge in [0.05, 0.1) is 13.7 Å². The van der Waals surface area contributed by atoms with Gasteiger partial charge < -0.3 is 14.8 Å². The number of ether oxygens (including phenoxy) is 2. The van der Waals surface area contributed by atoms with Gasteiger partial charge in [-0.1, -0.05) is 36.4 Å². The van der Waals surface area contributed by atoms with E-state index < -0.39 is 0 Å². The molecular formula is C20H25NO2. The molecule has 0 fully saturated rings. The van der Waals surface area contributed by atoms with Gasteiger partial charge in [-0.25, -0.2) is 0 Å². The van der Waals surface area contributed by atoms with Crippen LogP contribution in [-0.2, 0) is 19.4 Å². The van der Waals surface area contributed by atoms with E-state index in [4.69, 9.17) is 9.47 Å². The van der Waals surface area contributed by atoms with Gasteiger partial charge in [0, 0.05) is 18.2 Å². The molecule has 122 valence electrons. The molecule has 1 atom stereocenters. The van der Waals surface area contributed by atoms with Crippen molar-refractivity contribution < 1.29 is 9.47 Å². The SMILES string of the molecule is CCOc1c(CNC2CCc3ccccc3C2)cccc1OC. The smallest absolute Gasteiger partial charge is 0.165 e. The van der Waals surface area contributed by atoms with Crippen molar-refractivity contribution in [1.82, 2.24) is 5.32 Å². The summed E-state index contributed by atoms with van der Waals surface area (Å²) in [6, 6.07) is 15.4. The molecule has 0 saturated carbocycles. The van der Waals surface area contributed by atoms with Crippen molar-refractivity contribution in [3.05, 3.63) is 59.2 Å². The van der Waals surface area contributed by atoms with E-state index in [1.807, 2.05) is 19.1 Å². The maximum Gasteiger partial charge on any atom is 0.165 e. The van der Waals surface area contributed by atoms with E-state index in [1.54, 1.807) is 7.11 Å². The van der Waals surface area contributed by atoms with E-state index in [1.165, 1.54) is 17.5 Å². The molecule has 3 nitrogen and oxygen atoms in total. The number of methoxy groups -OCH3 is 1. The van der Waals surface area contributed by atoms with Crippen LogP contribution in [-0.4, -0.2) is 19.8 Å². The number of hydrogen-bond donors (Lipinski definition) is 1. The van der Waals surface area contributed by atoms with Gasteiger partial charge in [0.1, 0.15) is 0 Å². The Kier molecular flexibility index (Phi) is 5.19. The predicted octanol–water partition coefficient (Wildman–Crippen LogP) is 3.74. The third-order valence-corrected chi connectivity index (χ3v) is 4.50. The molecule has 3 rings (SSSR count). The van der Waals surface area contributed by atoms with Crippen molar-refractivity contribution in [3.63, 3.8) is 0 Å². The van der Waals surface area contributed by atoms with E-state index >= 15 is 0 Å². The maximum absolute atomic E-state index is 5.79. The lowest BCUT2D eigenvalue weighted by Crippen LogP contribution is -2.34. The fourth-order valence-electron chi connectivity index (χ4n) is 3.30. The highest BCUT2D eigenvalue weighted by atomic mass is 16.5. The number of rotatable bonds is 6. The molecule has 0 spiro atoms. The molecule has 3 heteroatoms. The quantitative estimate of drug-likeness (QED) is 0.881. The Hall–Kier alpha value is -2.00. The summed E-state index contributed by atoms with van der Waals surface area (Å²) in [5, 5.41) is 3.69. The number of benzene rings is 2. The Labute approximate surface area is 138 Å². The standard InChI is InChI=1S/C20H25NO2/c1-3-23-20-17(9-6-10-19(20)22-2)14-21-18-12-11-15-7-4-5-8-16(15)13-18/h4-10,18,21H,3,11-14H2,1-2H3. The van der Waals surface area contributed by atoms with Crippen molar-refractivity contribution in [2.45, 2.75) is 38.8 Å². The highest BCUT2D eigenvalue weighted by Gasteiger charge is 2.18. The highest BCUT2D eigenvalue weighted by Crippen LogP contribution is 2.31. The zero-order valence-electron chi connectivity index (χ0n) is 14.0. The fourth-order valence-corrected chi connectivity index (χ4v) is 3.30. The molecule has 0 heterocycles. The number of nitrogens with one attached hydrogen (secondary N) is 1. The first-order chi connectivity index (χ1) is 11.3. The van der Waals surface area contributed by atoms with Crippen molar-refractivity contribution in [3.8, 4) is 11.5 Å². The van der Waals surface area contributed by atoms with Crippen LogP contribution >= 0.6 is 0 Å². The van der Waals surface area contributed by atoms with Gasteiger partial charge in [-0.2, -0.15) is 0 Å². The molecular weight excluding hydrogens is 286 g/mol. The second-order valence-corrected chi connectivity index (χ2v) is 5.97. The summed E-state index contributed by atoms with van der Waals surface area (Å²) in [5.74, 6) is 1.67. The molecule has 1 unspecified atom stereocenters. The molecule has 1 N–H and O–H groups in total. The van der Waals surface area contributed by atoms with Gasteiger partial charge in [-0.15, -0.1) is 0 Å². The second kappa shape index (κ2) is 7.51. The second-order valence-electron chi connectivity index (χ2n) is 5.97. The molecule has 2 aromatic rings. The fraction of sp³-hybridized carbons (Fsp3) is 0.400. The third-order valence-electron chi connectivity index (χ3n) is 4.50. The highest BCUT2D eigenvalue weighted by molar-refractivity contribution is 5.46. The van der Waals surface area contributed by atoms with E-state index in [2.05, 4.69) is 35.6 Å². The summed E-state index contributed by atoms with van der Waals surface area (Å²) in [6.07, 6.45) is 3.44. The van der Waals surface area contributed by atoms with Crippen LogP contribution in [0.15, 0.2) is 42.5 Å². The van der Waals surface area contributed by atoms with Crippen molar-refractivity contribution in [2.24, 2.45) is 0 Å². The van der Waals surface area contributed by atoms with Gasteiger partial charge in [-0.05, 0) is 43.4 Å². The van der Waals surface area contributed by atoms with Gasteiger partial charge >= 0.3 is 0 Å². The molecule has 0 radical (unpaired) electrons. The molecule has 0 saturated heterocycles. The van der Waals surface area contributed by atoms with Gasteiger partial charge in [-0.3, -0.25) is 0 Å². The van der Waals surface area contributed by atoms with Crippen LogP contribution < -0.4 is 14.8 Å². The Morgan fingerprint density at radius 3 is 2.70 bits per heavy atom. The average Bonchev–Trinajstić information content (AvgIpc) is 2.60. The minimum absolute atomic E-state index is 0.519. The molecule has 2 aromatic carbocycles. The zero-order valence-corrected chi connectivity index (χ0v) is 14.0. The number of hydrogen-bond acceptors (Lipinski definition) is 3. The first-order valence-corrected chi connectivity index (χ1v) is 8.40. The van der Waals surface area contributed by atoms with E-state index in [9.17, 15) is 0 Å². The molecule has 1 aliphatic carbocycles. The van der Waals surface area contributed by atoms with E-state index in [-0.39, 0.29) is 0 Å². The lowest BCUT2D eigenvalue weighted by molar-refractivity contribution is 0.305. The van der Waals surface area contributed by atoms with Gasteiger partial charge in [0.25, 0.3) is 0 Å². The largest absolute Gasteiger partial charge is 0.493 e. The van der Waals surface area contributed by atoms with Crippen molar-refractivity contribution >= 4 is 0 Å². The number of para-hydroxylation sites is 1. The van der Waals surface area contributed by atoms with Crippen LogP contribution in [0, 0.1) is 0 Å². The molecule has 1 aliphatic rings. The van der Waals surface area contributed by atoms with E-state index in [0.29, 0.717) is 12.6 Å². The van der Waals surface area contributed by atoms with Crippen LogP contribution in [0.1, 0.15) is 30.0 Å². The molecule has 0 bridgehead atoms. The summed E-state index contributed by atoms with van der Waals surface area (Å²) in [7, 11) is 1.69. The normalized spacial score (nSPS) is 16.7. The molecule has 0 aromatic heterocycles.